The van der Waals surface area contributed by atoms with Crippen LogP contribution in [0.4, 0.5) is 0 Å². The molecule has 1 aliphatic carbocycles. The molecule has 0 aromatic carbocycles. The predicted octanol–water partition coefficient (Wildman–Crippen LogP) is 3.44. The van der Waals surface area contributed by atoms with Crippen molar-refractivity contribution in [2.75, 3.05) is 0 Å². The van der Waals surface area contributed by atoms with Crippen LogP contribution < -0.4 is 5.32 Å². The number of pyridine rings is 1. The highest BCUT2D eigenvalue weighted by Gasteiger charge is 2.36. The molecule has 106 valence electrons. The summed E-state index contributed by atoms with van der Waals surface area (Å²) >= 11 is 3.25. The van der Waals surface area contributed by atoms with Crippen LogP contribution in [0.1, 0.15) is 49.5 Å². The van der Waals surface area contributed by atoms with E-state index in [9.17, 15) is 10.1 Å². The van der Waals surface area contributed by atoms with Crippen molar-refractivity contribution < 1.29 is 4.79 Å². The Morgan fingerprint density at radius 2 is 2.25 bits per heavy atom. The molecule has 0 unspecified atom stereocenters. The molecular formula is C15H18BrN3O. The number of carbonyl (C=O) groups is 1. The Balaban J connectivity index is 2.07. The van der Waals surface area contributed by atoms with Crippen molar-refractivity contribution in [1.29, 1.82) is 5.26 Å². The van der Waals surface area contributed by atoms with Gasteiger partial charge in [0.05, 0.1) is 6.07 Å². The van der Waals surface area contributed by atoms with E-state index in [2.05, 4.69) is 39.2 Å². The average molecular weight is 336 g/mol. The molecule has 1 aromatic rings. The normalized spacial score (nSPS) is 25.8. The molecule has 2 rings (SSSR count). The molecule has 1 amide bonds. The lowest BCUT2D eigenvalue weighted by molar-refractivity contribution is 0.0886. The van der Waals surface area contributed by atoms with E-state index in [1.165, 1.54) is 0 Å². The van der Waals surface area contributed by atoms with E-state index < -0.39 is 5.54 Å². The number of nitriles is 1. The van der Waals surface area contributed by atoms with Gasteiger partial charge >= 0.3 is 0 Å². The zero-order valence-electron chi connectivity index (χ0n) is 11.5. The van der Waals surface area contributed by atoms with Crippen molar-refractivity contribution in [3.63, 3.8) is 0 Å². The van der Waals surface area contributed by atoms with Gasteiger partial charge in [0.1, 0.15) is 15.8 Å². The Kier molecular flexibility index (Phi) is 4.77. The fourth-order valence-electron chi connectivity index (χ4n) is 2.66. The van der Waals surface area contributed by atoms with E-state index in [-0.39, 0.29) is 5.91 Å². The Bertz CT molecular complexity index is 530. The predicted molar refractivity (Wildman–Crippen MR) is 80.0 cm³/mol. The maximum Gasteiger partial charge on any atom is 0.271 e. The molecule has 20 heavy (non-hydrogen) atoms. The average Bonchev–Trinajstić information content (AvgIpc) is 2.48. The number of amides is 1. The van der Waals surface area contributed by atoms with E-state index in [0.29, 0.717) is 16.2 Å². The first kappa shape index (κ1) is 15.0. The summed E-state index contributed by atoms with van der Waals surface area (Å²) in [6.07, 6.45) is 4.58. The van der Waals surface area contributed by atoms with Crippen LogP contribution in [0, 0.1) is 17.2 Å². The Morgan fingerprint density at radius 3 is 2.80 bits per heavy atom. The van der Waals surface area contributed by atoms with Gasteiger partial charge in [-0.25, -0.2) is 4.98 Å². The first-order valence-electron chi connectivity index (χ1n) is 6.95. The van der Waals surface area contributed by atoms with Crippen LogP contribution in [0.25, 0.3) is 0 Å². The van der Waals surface area contributed by atoms with Gasteiger partial charge in [0.2, 0.25) is 0 Å². The summed E-state index contributed by atoms with van der Waals surface area (Å²) in [5.41, 5.74) is -0.390. The Hall–Kier alpha value is -1.41. The van der Waals surface area contributed by atoms with Crippen LogP contribution in [0.15, 0.2) is 22.8 Å². The lowest BCUT2D eigenvalue weighted by atomic mass is 9.76. The molecule has 0 radical (unpaired) electrons. The monoisotopic (exact) mass is 335 g/mol. The minimum atomic E-state index is -0.729. The second kappa shape index (κ2) is 6.36. The molecule has 0 bridgehead atoms. The zero-order valence-corrected chi connectivity index (χ0v) is 13.1. The van der Waals surface area contributed by atoms with Crippen molar-refractivity contribution in [3.05, 3.63) is 28.5 Å². The summed E-state index contributed by atoms with van der Waals surface area (Å²) < 4.78 is 0.617. The van der Waals surface area contributed by atoms with Crippen LogP contribution in [-0.4, -0.2) is 16.4 Å². The van der Waals surface area contributed by atoms with Gasteiger partial charge < -0.3 is 5.32 Å². The van der Waals surface area contributed by atoms with Crippen molar-refractivity contribution in [3.8, 4) is 6.07 Å². The lowest BCUT2D eigenvalue weighted by Gasteiger charge is -2.35. The molecule has 1 aromatic heterocycles. The smallest absolute Gasteiger partial charge is 0.271 e. The van der Waals surface area contributed by atoms with Gasteiger partial charge in [-0.15, -0.1) is 0 Å². The van der Waals surface area contributed by atoms with Gasteiger partial charge in [0.25, 0.3) is 5.91 Å². The topological polar surface area (TPSA) is 65.8 Å². The molecule has 1 heterocycles. The standard InChI is InChI=1S/C15H18BrN3O/c1-2-11-6-8-15(10-17,9-7-11)19-14(20)12-4-3-5-13(16)18-12/h3-5,11H,2,6-9H2,1H3,(H,19,20). The minimum absolute atomic E-state index is 0.275. The van der Waals surface area contributed by atoms with Crippen LogP contribution in [0.5, 0.6) is 0 Å². The van der Waals surface area contributed by atoms with Gasteiger partial charge in [0.15, 0.2) is 0 Å². The number of aromatic nitrogens is 1. The van der Waals surface area contributed by atoms with Crippen LogP contribution in [-0.2, 0) is 0 Å². The lowest BCUT2D eigenvalue weighted by Crippen LogP contribution is -2.49. The molecule has 1 fully saturated rings. The summed E-state index contributed by atoms with van der Waals surface area (Å²) in [4.78, 5) is 16.4. The quantitative estimate of drug-likeness (QED) is 0.860. The third-order valence-corrected chi connectivity index (χ3v) is 4.49. The third-order valence-electron chi connectivity index (χ3n) is 4.05. The third kappa shape index (κ3) is 3.37. The summed E-state index contributed by atoms with van der Waals surface area (Å²) in [6.45, 7) is 2.17. The number of hydrogen-bond acceptors (Lipinski definition) is 3. The van der Waals surface area contributed by atoms with Gasteiger partial charge in [-0.3, -0.25) is 4.79 Å². The highest BCUT2D eigenvalue weighted by molar-refractivity contribution is 9.10. The number of carbonyl (C=O) groups excluding carboxylic acids is 1. The number of nitrogens with zero attached hydrogens (tertiary/aromatic N) is 2. The molecule has 1 saturated carbocycles. The second-order valence-electron chi connectivity index (χ2n) is 5.35. The molecule has 1 aliphatic rings. The molecule has 4 nitrogen and oxygen atoms in total. The minimum Gasteiger partial charge on any atom is -0.332 e. The van der Waals surface area contributed by atoms with E-state index in [1.54, 1.807) is 18.2 Å². The summed E-state index contributed by atoms with van der Waals surface area (Å²) in [6, 6.07) is 7.49. The molecule has 0 aliphatic heterocycles. The van der Waals surface area contributed by atoms with Crippen molar-refractivity contribution >= 4 is 21.8 Å². The fraction of sp³-hybridized carbons (Fsp3) is 0.533. The zero-order chi connectivity index (χ0) is 14.6. The van der Waals surface area contributed by atoms with Crippen LogP contribution in [0.3, 0.4) is 0 Å². The molecule has 0 saturated heterocycles. The maximum atomic E-state index is 12.2. The number of halogens is 1. The van der Waals surface area contributed by atoms with Crippen LogP contribution in [0.2, 0.25) is 0 Å². The fourth-order valence-corrected chi connectivity index (χ4v) is 3.00. The molecule has 0 spiro atoms. The second-order valence-corrected chi connectivity index (χ2v) is 6.16. The first-order valence-corrected chi connectivity index (χ1v) is 7.74. The summed E-state index contributed by atoms with van der Waals surface area (Å²) in [5, 5.41) is 12.3. The number of hydrogen-bond donors (Lipinski definition) is 1. The van der Waals surface area contributed by atoms with Gasteiger partial charge in [-0.05, 0) is 59.7 Å². The molecule has 5 heteroatoms. The largest absolute Gasteiger partial charge is 0.332 e. The van der Waals surface area contributed by atoms with Gasteiger partial charge in [0, 0.05) is 0 Å². The van der Waals surface area contributed by atoms with Gasteiger partial charge in [-0.2, -0.15) is 5.26 Å². The van der Waals surface area contributed by atoms with Crippen molar-refractivity contribution in [2.45, 2.75) is 44.6 Å². The molecule has 0 atom stereocenters. The maximum absolute atomic E-state index is 12.2. The van der Waals surface area contributed by atoms with Crippen molar-refractivity contribution in [2.24, 2.45) is 5.92 Å². The van der Waals surface area contributed by atoms with E-state index in [0.717, 1.165) is 32.1 Å². The number of rotatable bonds is 3. The SMILES string of the molecule is CCC1CCC(C#N)(NC(=O)c2cccc(Br)n2)CC1. The highest BCUT2D eigenvalue weighted by atomic mass is 79.9. The Morgan fingerprint density at radius 1 is 1.55 bits per heavy atom. The first-order chi connectivity index (χ1) is 9.58. The molecule has 1 N–H and O–H groups in total. The van der Waals surface area contributed by atoms with Crippen LogP contribution >= 0.6 is 15.9 Å². The highest BCUT2D eigenvalue weighted by Crippen LogP contribution is 2.33. The van der Waals surface area contributed by atoms with Crippen molar-refractivity contribution in [1.82, 2.24) is 10.3 Å². The van der Waals surface area contributed by atoms with Gasteiger partial charge in [-0.1, -0.05) is 19.4 Å². The summed E-state index contributed by atoms with van der Waals surface area (Å²) in [5.74, 6) is 0.403. The van der Waals surface area contributed by atoms with E-state index >= 15 is 0 Å². The van der Waals surface area contributed by atoms with E-state index in [4.69, 9.17) is 0 Å². The Labute approximate surface area is 127 Å². The summed E-state index contributed by atoms with van der Waals surface area (Å²) in [7, 11) is 0. The van der Waals surface area contributed by atoms with E-state index in [1.807, 2.05) is 0 Å². The molecular weight excluding hydrogens is 318 g/mol. The number of nitrogens with one attached hydrogen (secondary N) is 1.